The van der Waals surface area contributed by atoms with Gasteiger partial charge in [0.1, 0.15) is 0 Å². The molecule has 3 rings (SSSR count). The van der Waals surface area contributed by atoms with Crippen molar-refractivity contribution in [3.8, 4) is 0 Å². The number of benzene rings is 2. The van der Waals surface area contributed by atoms with Crippen molar-refractivity contribution in [2.75, 3.05) is 6.26 Å². The van der Waals surface area contributed by atoms with Crippen LogP contribution in [0, 0.1) is 0 Å². The van der Waals surface area contributed by atoms with Crippen LogP contribution in [-0.4, -0.2) is 26.6 Å². The zero-order valence-corrected chi connectivity index (χ0v) is 14.1. The van der Waals surface area contributed by atoms with E-state index in [9.17, 15) is 13.2 Å². The minimum atomic E-state index is -3.25. The van der Waals surface area contributed by atoms with Crippen LogP contribution in [0.2, 0.25) is 5.02 Å². The van der Waals surface area contributed by atoms with Crippen molar-refractivity contribution in [1.82, 2.24) is 5.32 Å². The number of amides is 1. The standard InChI is InChI=1S/C17H16ClNO3S/c1-23(21,22)12-8-6-11(7-9-12)17(20)19-16-10-14(16)13-4-2-3-5-15(13)18/h2-9,14,16H,10H2,1H3,(H,19,20)/t14-,16+/m1/s1. The molecule has 6 heteroatoms. The van der Waals surface area contributed by atoms with Gasteiger partial charge in [-0.15, -0.1) is 0 Å². The molecule has 0 heterocycles. The van der Waals surface area contributed by atoms with E-state index in [4.69, 9.17) is 11.6 Å². The summed E-state index contributed by atoms with van der Waals surface area (Å²) in [7, 11) is -3.25. The summed E-state index contributed by atoms with van der Waals surface area (Å²) in [5, 5.41) is 3.67. The van der Waals surface area contributed by atoms with E-state index >= 15 is 0 Å². The molecule has 0 saturated heterocycles. The van der Waals surface area contributed by atoms with Crippen LogP contribution in [-0.2, 0) is 9.84 Å². The van der Waals surface area contributed by atoms with Gasteiger partial charge in [0.25, 0.3) is 5.91 Å². The first kappa shape index (κ1) is 16.0. The van der Waals surface area contributed by atoms with Gasteiger partial charge in [-0.2, -0.15) is 0 Å². The first-order valence-electron chi connectivity index (χ1n) is 7.21. The van der Waals surface area contributed by atoms with E-state index in [0.717, 1.165) is 18.2 Å². The number of carbonyl (C=O) groups is 1. The van der Waals surface area contributed by atoms with Crippen molar-refractivity contribution in [2.45, 2.75) is 23.3 Å². The summed E-state index contributed by atoms with van der Waals surface area (Å²) in [6.07, 6.45) is 2.00. The fourth-order valence-electron chi connectivity index (χ4n) is 2.58. The van der Waals surface area contributed by atoms with Crippen molar-refractivity contribution in [3.05, 3.63) is 64.7 Å². The molecule has 0 radical (unpaired) electrons. The molecule has 1 N–H and O–H groups in total. The first-order valence-corrected chi connectivity index (χ1v) is 9.48. The fourth-order valence-corrected chi connectivity index (χ4v) is 3.49. The topological polar surface area (TPSA) is 63.2 Å². The normalized spacial score (nSPS) is 20.1. The first-order chi connectivity index (χ1) is 10.9. The summed E-state index contributed by atoms with van der Waals surface area (Å²) in [5.74, 6) is 0.0348. The maximum atomic E-state index is 12.2. The van der Waals surface area contributed by atoms with E-state index in [-0.39, 0.29) is 22.8 Å². The molecule has 1 fully saturated rings. The monoisotopic (exact) mass is 349 g/mol. The van der Waals surface area contributed by atoms with Crippen LogP contribution in [0.3, 0.4) is 0 Å². The van der Waals surface area contributed by atoms with Gasteiger partial charge in [-0.3, -0.25) is 4.79 Å². The molecule has 120 valence electrons. The van der Waals surface area contributed by atoms with Crippen molar-refractivity contribution < 1.29 is 13.2 Å². The van der Waals surface area contributed by atoms with Crippen LogP contribution in [0.1, 0.15) is 28.3 Å². The quantitative estimate of drug-likeness (QED) is 0.922. The third-order valence-electron chi connectivity index (χ3n) is 3.96. The van der Waals surface area contributed by atoms with Crippen LogP contribution in [0.4, 0.5) is 0 Å². The van der Waals surface area contributed by atoms with Gasteiger partial charge < -0.3 is 5.32 Å². The highest BCUT2D eigenvalue weighted by molar-refractivity contribution is 7.90. The summed E-state index contributed by atoms with van der Waals surface area (Å²) >= 11 is 6.17. The summed E-state index contributed by atoms with van der Waals surface area (Å²) in [5.41, 5.74) is 1.49. The predicted octanol–water partition coefficient (Wildman–Crippen LogP) is 3.03. The maximum absolute atomic E-state index is 12.2. The predicted molar refractivity (Wildman–Crippen MR) is 89.6 cm³/mol. The molecule has 2 atom stereocenters. The van der Waals surface area contributed by atoms with Crippen LogP contribution in [0.25, 0.3) is 0 Å². The Labute approximate surface area is 140 Å². The molecule has 0 unspecified atom stereocenters. The molecule has 23 heavy (non-hydrogen) atoms. The summed E-state index contributed by atoms with van der Waals surface area (Å²) in [6.45, 7) is 0. The fraction of sp³-hybridized carbons (Fsp3) is 0.235. The molecule has 0 bridgehead atoms. The molecule has 1 saturated carbocycles. The van der Waals surface area contributed by atoms with E-state index in [1.54, 1.807) is 0 Å². The minimum absolute atomic E-state index is 0.0667. The highest BCUT2D eigenvalue weighted by Crippen LogP contribution is 2.43. The number of sulfone groups is 1. The molecule has 1 amide bonds. The molecule has 0 spiro atoms. The molecule has 2 aromatic carbocycles. The Morgan fingerprint density at radius 3 is 2.39 bits per heavy atom. The zero-order chi connectivity index (χ0) is 16.6. The van der Waals surface area contributed by atoms with Crippen molar-refractivity contribution >= 4 is 27.3 Å². The third kappa shape index (κ3) is 3.57. The van der Waals surface area contributed by atoms with Gasteiger partial charge in [-0.05, 0) is 42.3 Å². The van der Waals surface area contributed by atoms with Crippen molar-refractivity contribution in [2.24, 2.45) is 0 Å². The Morgan fingerprint density at radius 1 is 1.13 bits per heavy atom. The maximum Gasteiger partial charge on any atom is 0.251 e. The molecule has 2 aromatic rings. The second kappa shape index (κ2) is 5.98. The minimum Gasteiger partial charge on any atom is -0.349 e. The molecule has 0 aliphatic heterocycles. The van der Waals surface area contributed by atoms with Gasteiger partial charge >= 0.3 is 0 Å². The molecule has 0 aromatic heterocycles. The number of hydrogen-bond donors (Lipinski definition) is 1. The third-order valence-corrected chi connectivity index (χ3v) is 5.43. The Kier molecular flexibility index (Phi) is 4.17. The molecule has 1 aliphatic rings. The van der Waals surface area contributed by atoms with E-state index < -0.39 is 9.84 Å². The van der Waals surface area contributed by atoms with Crippen molar-refractivity contribution in [3.63, 3.8) is 0 Å². The largest absolute Gasteiger partial charge is 0.349 e. The summed E-state index contributed by atoms with van der Waals surface area (Å²) < 4.78 is 22.8. The molecule has 4 nitrogen and oxygen atoms in total. The van der Waals surface area contributed by atoms with Gasteiger partial charge in [0, 0.05) is 28.8 Å². The van der Waals surface area contributed by atoms with Gasteiger partial charge in [0.15, 0.2) is 9.84 Å². The van der Waals surface area contributed by atoms with Crippen LogP contribution in [0.15, 0.2) is 53.4 Å². The second-order valence-electron chi connectivity index (χ2n) is 5.74. The number of nitrogens with one attached hydrogen (secondary N) is 1. The highest BCUT2D eigenvalue weighted by Gasteiger charge is 2.40. The molecular formula is C17H16ClNO3S. The van der Waals surface area contributed by atoms with Gasteiger partial charge in [0.05, 0.1) is 4.90 Å². The number of halogens is 1. The Hall–Kier alpha value is -1.85. The smallest absolute Gasteiger partial charge is 0.251 e. The van der Waals surface area contributed by atoms with E-state index in [2.05, 4.69) is 5.32 Å². The lowest BCUT2D eigenvalue weighted by molar-refractivity contribution is 0.0950. The molecular weight excluding hydrogens is 334 g/mol. The van der Waals surface area contributed by atoms with Gasteiger partial charge in [0.2, 0.25) is 0 Å². The number of carbonyl (C=O) groups excluding carboxylic acids is 1. The summed E-state index contributed by atoms with van der Waals surface area (Å²) in [6, 6.07) is 13.6. The van der Waals surface area contributed by atoms with Crippen LogP contribution < -0.4 is 5.32 Å². The Bertz CT molecular complexity index is 846. The summed E-state index contributed by atoms with van der Waals surface area (Å²) in [4.78, 5) is 12.4. The van der Waals surface area contributed by atoms with Crippen molar-refractivity contribution in [1.29, 1.82) is 0 Å². The second-order valence-corrected chi connectivity index (χ2v) is 8.16. The zero-order valence-electron chi connectivity index (χ0n) is 12.5. The average Bonchev–Trinajstić information content (AvgIpc) is 3.26. The van der Waals surface area contributed by atoms with E-state index in [1.807, 2.05) is 24.3 Å². The number of rotatable bonds is 4. The molecule has 1 aliphatic carbocycles. The lowest BCUT2D eigenvalue weighted by Gasteiger charge is -2.07. The van der Waals surface area contributed by atoms with Crippen LogP contribution in [0.5, 0.6) is 0 Å². The van der Waals surface area contributed by atoms with Gasteiger partial charge in [-0.25, -0.2) is 8.42 Å². The Morgan fingerprint density at radius 2 is 1.78 bits per heavy atom. The average molecular weight is 350 g/mol. The SMILES string of the molecule is CS(=O)(=O)c1ccc(C(=O)N[C@H]2C[C@@H]2c2ccccc2Cl)cc1. The Balaban J connectivity index is 1.66. The van der Waals surface area contributed by atoms with Crippen LogP contribution >= 0.6 is 11.6 Å². The number of hydrogen-bond acceptors (Lipinski definition) is 3. The van der Waals surface area contributed by atoms with E-state index in [1.165, 1.54) is 24.3 Å². The lowest BCUT2D eigenvalue weighted by Crippen LogP contribution is -2.26. The lowest BCUT2D eigenvalue weighted by atomic mass is 10.1. The van der Waals surface area contributed by atoms with Gasteiger partial charge in [-0.1, -0.05) is 29.8 Å². The highest BCUT2D eigenvalue weighted by atomic mass is 35.5. The van der Waals surface area contributed by atoms with E-state index in [0.29, 0.717) is 10.6 Å².